The molecule has 0 aromatic heterocycles. The SMILES string of the molecule is COc1ccccc1/C=C/C(=O)c1ccc(NC(=O)/C(=C/c2ccccc2)NC(=O)c2ccccc2)cc1. The van der Waals surface area contributed by atoms with E-state index in [-0.39, 0.29) is 11.5 Å². The van der Waals surface area contributed by atoms with Gasteiger partial charge in [0.15, 0.2) is 5.78 Å². The van der Waals surface area contributed by atoms with E-state index in [1.54, 1.807) is 67.8 Å². The van der Waals surface area contributed by atoms with Crippen molar-refractivity contribution in [3.63, 3.8) is 0 Å². The van der Waals surface area contributed by atoms with Crippen molar-refractivity contribution in [1.82, 2.24) is 5.32 Å². The van der Waals surface area contributed by atoms with E-state index in [0.29, 0.717) is 22.6 Å². The molecule has 0 aliphatic rings. The van der Waals surface area contributed by atoms with Gasteiger partial charge < -0.3 is 15.4 Å². The van der Waals surface area contributed by atoms with Gasteiger partial charge in [-0.2, -0.15) is 0 Å². The van der Waals surface area contributed by atoms with Gasteiger partial charge in [-0.05, 0) is 66.3 Å². The number of amides is 2. The van der Waals surface area contributed by atoms with Crippen molar-refractivity contribution in [2.45, 2.75) is 0 Å². The van der Waals surface area contributed by atoms with Crippen LogP contribution in [-0.2, 0) is 4.79 Å². The molecule has 0 bridgehead atoms. The van der Waals surface area contributed by atoms with E-state index in [0.717, 1.165) is 11.1 Å². The highest BCUT2D eigenvalue weighted by atomic mass is 16.5. The van der Waals surface area contributed by atoms with Crippen LogP contribution < -0.4 is 15.4 Å². The normalized spacial score (nSPS) is 11.1. The molecule has 6 heteroatoms. The summed E-state index contributed by atoms with van der Waals surface area (Å²) in [5.74, 6) is -0.402. The molecule has 6 nitrogen and oxygen atoms in total. The van der Waals surface area contributed by atoms with Crippen molar-refractivity contribution in [3.05, 3.63) is 143 Å². The second kappa shape index (κ2) is 12.6. The summed E-state index contributed by atoms with van der Waals surface area (Å²) in [7, 11) is 1.58. The maximum absolute atomic E-state index is 13.1. The van der Waals surface area contributed by atoms with Gasteiger partial charge in [-0.1, -0.05) is 66.7 Å². The van der Waals surface area contributed by atoms with E-state index in [1.165, 1.54) is 6.08 Å². The van der Waals surface area contributed by atoms with Gasteiger partial charge in [0.25, 0.3) is 11.8 Å². The molecule has 0 unspecified atom stereocenters. The van der Waals surface area contributed by atoms with Crippen LogP contribution in [0.1, 0.15) is 31.8 Å². The van der Waals surface area contributed by atoms with Gasteiger partial charge in [-0.15, -0.1) is 0 Å². The van der Waals surface area contributed by atoms with Crippen LogP contribution in [0.4, 0.5) is 5.69 Å². The Bertz CT molecular complexity index is 1480. The summed E-state index contributed by atoms with van der Waals surface area (Å²) >= 11 is 0. The quantitative estimate of drug-likeness (QED) is 0.217. The van der Waals surface area contributed by atoms with Crippen molar-refractivity contribution in [1.29, 1.82) is 0 Å². The third-order valence-electron chi connectivity index (χ3n) is 5.62. The fourth-order valence-corrected chi connectivity index (χ4v) is 3.64. The molecule has 2 amide bonds. The zero-order valence-electron chi connectivity index (χ0n) is 20.8. The van der Waals surface area contributed by atoms with Crippen LogP contribution in [-0.4, -0.2) is 24.7 Å². The largest absolute Gasteiger partial charge is 0.496 e. The van der Waals surface area contributed by atoms with Crippen LogP contribution >= 0.6 is 0 Å². The molecule has 0 fully saturated rings. The fourth-order valence-electron chi connectivity index (χ4n) is 3.64. The minimum absolute atomic E-state index is 0.0879. The van der Waals surface area contributed by atoms with E-state index < -0.39 is 11.8 Å². The number of methoxy groups -OCH3 is 1. The van der Waals surface area contributed by atoms with Gasteiger partial charge in [-0.3, -0.25) is 14.4 Å². The summed E-state index contributed by atoms with van der Waals surface area (Å²) in [6, 6.07) is 31.8. The Balaban J connectivity index is 1.48. The number of carbonyl (C=O) groups excluding carboxylic acids is 3. The molecule has 0 aliphatic carbocycles. The molecule has 4 aromatic carbocycles. The second-order valence-electron chi connectivity index (χ2n) is 8.26. The minimum Gasteiger partial charge on any atom is -0.496 e. The lowest BCUT2D eigenvalue weighted by molar-refractivity contribution is -0.113. The lowest BCUT2D eigenvalue weighted by Gasteiger charge is -2.12. The van der Waals surface area contributed by atoms with Crippen molar-refractivity contribution in [3.8, 4) is 5.75 Å². The van der Waals surface area contributed by atoms with E-state index in [1.807, 2.05) is 60.7 Å². The molecule has 38 heavy (non-hydrogen) atoms. The zero-order chi connectivity index (χ0) is 26.7. The van der Waals surface area contributed by atoms with Crippen LogP contribution in [0.2, 0.25) is 0 Å². The average Bonchev–Trinajstić information content (AvgIpc) is 2.97. The molecule has 0 saturated carbocycles. The van der Waals surface area contributed by atoms with E-state index in [2.05, 4.69) is 10.6 Å². The van der Waals surface area contributed by atoms with E-state index in [9.17, 15) is 14.4 Å². The Hall–Kier alpha value is -5.23. The number of hydrogen-bond acceptors (Lipinski definition) is 4. The van der Waals surface area contributed by atoms with Crippen molar-refractivity contribution in [2.24, 2.45) is 0 Å². The number of nitrogens with one attached hydrogen (secondary N) is 2. The summed E-state index contributed by atoms with van der Waals surface area (Å²) in [6.45, 7) is 0. The highest BCUT2D eigenvalue weighted by Crippen LogP contribution is 2.19. The molecule has 0 saturated heterocycles. The maximum atomic E-state index is 13.1. The molecule has 0 aliphatic heterocycles. The predicted octanol–water partition coefficient (Wildman–Crippen LogP) is 6.00. The molecule has 0 spiro atoms. The number of allylic oxidation sites excluding steroid dienone is 1. The number of para-hydroxylation sites is 1. The summed E-state index contributed by atoms with van der Waals surface area (Å²) in [4.78, 5) is 38.5. The number of carbonyl (C=O) groups is 3. The molecule has 0 atom stereocenters. The Morgan fingerprint density at radius 2 is 1.34 bits per heavy atom. The van der Waals surface area contributed by atoms with Crippen LogP contribution in [0.15, 0.2) is 121 Å². The number of anilines is 1. The zero-order valence-corrected chi connectivity index (χ0v) is 20.8. The molecule has 0 heterocycles. The molecule has 0 radical (unpaired) electrons. The number of ketones is 1. The first-order valence-electron chi connectivity index (χ1n) is 11.9. The first-order valence-corrected chi connectivity index (χ1v) is 11.9. The topological polar surface area (TPSA) is 84.5 Å². The van der Waals surface area contributed by atoms with Crippen molar-refractivity contribution in [2.75, 3.05) is 12.4 Å². The lowest BCUT2D eigenvalue weighted by Crippen LogP contribution is -2.30. The number of benzene rings is 4. The molecular formula is C32H26N2O4. The smallest absolute Gasteiger partial charge is 0.272 e. The third-order valence-corrected chi connectivity index (χ3v) is 5.62. The van der Waals surface area contributed by atoms with Crippen LogP contribution in [0, 0.1) is 0 Å². The van der Waals surface area contributed by atoms with Gasteiger partial charge in [0.05, 0.1) is 7.11 Å². The molecule has 4 aromatic rings. The van der Waals surface area contributed by atoms with Gasteiger partial charge >= 0.3 is 0 Å². The molecule has 188 valence electrons. The number of ether oxygens (including phenoxy) is 1. The molecular weight excluding hydrogens is 476 g/mol. The molecule has 4 rings (SSSR count). The highest BCUT2D eigenvalue weighted by molar-refractivity contribution is 6.11. The number of rotatable bonds is 9. The molecule has 2 N–H and O–H groups in total. The van der Waals surface area contributed by atoms with Crippen LogP contribution in [0.5, 0.6) is 5.75 Å². The Labute approximate surface area is 221 Å². The monoisotopic (exact) mass is 502 g/mol. The fraction of sp³-hybridized carbons (Fsp3) is 0.0312. The second-order valence-corrected chi connectivity index (χ2v) is 8.26. The summed E-state index contributed by atoms with van der Waals surface area (Å²) in [5.41, 5.74) is 3.02. The van der Waals surface area contributed by atoms with Crippen molar-refractivity contribution >= 4 is 35.4 Å². The summed E-state index contributed by atoms with van der Waals surface area (Å²) < 4.78 is 5.31. The van der Waals surface area contributed by atoms with Gasteiger partial charge in [-0.25, -0.2) is 0 Å². The standard InChI is InChI=1S/C32H26N2O4/c1-38-30-15-9-8-12-25(30)18-21-29(35)24-16-19-27(20-17-24)33-32(37)28(22-23-10-4-2-5-11-23)34-31(36)26-13-6-3-7-14-26/h2-22H,1H3,(H,33,37)(H,34,36)/b21-18+,28-22-. The first-order chi connectivity index (χ1) is 18.5. The van der Waals surface area contributed by atoms with E-state index >= 15 is 0 Å². The van der Waals surface area contributed by atoms with Crippen LogP contribution in [0.25, 0.3) is 12.2 Å². The van der Waals surface area contributed by atoms with Crippen LogP contribution in [0.3, 0.4) is 0 Å². The summed E-state index contributed by atoms with van der Waals surface area (Å²) in [5, 5.41) is 5.50. The minimum atomic E-state index is -0.492. The summed E-state index contributed by atoms with van der Waals surface area (Å²) in [6.07, 6.45) is 4.79. The average molecular weight is 503 g/mol. The maximum Gasteiger partial charge on any atom is 0.272 e. The van der Waals surface area contributed by atoms with Crippen molar-refractivity contribution < 1.29 is 19.1 Å². The highest BCUT2D eigenvalue weighted by Gasteiger charge is 2.15. The third kappa shape index (κ3) is 6.92. The number of hydrogen-bond donors (Lipinski definition) is 2. The Morgan fingerprint density at radius 3 is 2.03 bits per heavy atom. The lowest BCUT2D eigenvalue weighted by atomic mass is 10.1. The van der Waals surface area contributed by atoms with E-state index in [4.69, 9.17) is 4.74 Å². The van der Waals surface area contributed by atoms with Gasteiger partial charge in [0, 0.05) is 22.4 Å². The first kappa shape index (κ1) is 25.9. The Kier molecular flexibility index (Phi) is 8.60. The predicted molar refractivity (Wildman–Crippen MR) is 150 cm³/mol. The van der Waals surface area contributed by atoms with Gasteiger partial charge in [0.1, 0.15) is 11.4 Å². The van der Waals surface area contributed by atoms with Gasteiger partial charge in [0.2, 0.25) is 0 Å². The Morgan fingerprint density at radius 1 is 0.711 bits per heavy atom.